The SMILES string of the molecule is CC\C=C/C=C\C=C/C=C\CCCCCCCC(=O)OCC(COC(=O)CCCCC/C=C\CCCCCCCC)OC(=O)CCCCC\C=C/C=C\C=C/C=C\CC. The maximum absolute atomic E-state index is 12.7. The van der Waals surface area contributed by atoms with Crippen molar-refractivity contribution in [3.8, 4) is 0 Å². The predicted octanol–water partition coefficient (Wildman–Crippen LogP) is 15.2. The van der Waals surface area contributed by atoms with Crippen molar-refractivity contribution in [1.82, 2.24) is 0 Å². The zero-order valence-electron chi connectivity index (χ0n) is 37.7. The Morgan fingerprint density at radius 1 is 0.356 bits per heavy atom. The molecule has 0 heterocycles. The van der Waals surface area contributed by atoms with Gasteiger partial charge in [-0.3, -0.25) is 14.4 Å². The summed E-state index contributed by atoms with van der Waals surface area (Å²) in [5.41, 5.74) is 0. The van der Waals surface area contributed by atoms with Crippen molar-refractivity contribution < 1.29 is 28.6 Å². The van der Waals surface area contributed by atoms with Gasteiger partial charge in [-0.1, -0.05) is 194 Å². The van der Waals surface area contributed by atoms with E-state index in [1.165, 1.54) is 38.5 Å². The summed E-state index contributed by atoms with van der Waals surface area (Å²) in [6.45, 7) is 6.25. The molecule has 0 aromatic heterocycles. The zero-order chi connectivity index (χ0) is 43.0. The van der Waals surface area contributed by atoms with Gasteiger partial charge in [-0.15, -0.1) is 0 Å². The highest BCUT2D eigenvalue weighted by Crippen LogP contribution is 2.12. The first kappa shape index (κ1) is 55.1. The van der Waals surface area contributed by atoms with Crippen LogP contribution in [0.5, 0.6) is 0 Å². The van der Waals surface area contributed by atoms with Gasteiger partial charge in [0.1, 0.15) is 13.2 Å². The molecule has 0 aliphatic carbocycles. The van der Waals surface area contributed by atoms with Crippen molar-refractivity contribution in [3.63, 3.8) is 0 Å². The number of rotatable bonds is 40. The number of unbranched alkanes of at least 4 members (excludes halogenated alkanes) is 17. The summed E-state index contributed by atoms with van der Waals surface area (Å²) in [6, 6.07) is 0. The van der Waals surface area contributed by atoms with Crippen LogP contribution in [0.3, 0.4) is 0 Å². The molecular formula is C53H84O6. The quantitative estimate of drug-likeness (QED) is 0.0201. The highest BCUT2D eigenvalue weighted by molar-refractivity contribution is 5.71. The van der Waals surface area contributed by atoms with Gasteiger partial charge >= 0.3 is 17.9 Å². The Bertz CT molecular complexity index is 1260. The molecule has 0 aliphatic heterocycles. The van der Waals surface area contributed by atoms with Crippen molar-refractivity contribution in [1.29, 1.82) is 0 Å². The normalized spacial score (nSPS) is 13.1. The van der Waals surface area contributed by atoms with Gasteiger partial charge in [0.15, 0.2) is 6.10 Å². The van der Waals surface area contributed by atoms with E-state index in [-0.39, 0.29) is 37.5 Å². The average molecular weight is 817 g/mol. The second-order valence-corrected chi connectivity index (χ2v) is 15.1. The molecule has 0 spiro atoms. The van der Waals surface area contributed by atoms with Crippen LogP contribution in [0.15, 0.2) is 109 Å². The molecule has 1 unspecified atom stereocenters. The first-order chi connectivity index (χ1) is 29.0. The molecule has 0 saturated carbocycles. The van der Waals surface area contributed by atoms with Gasteiger partial charge in [0, 0.05) is 19.3 Å². The Kier molecular flexibility index (Phi) is 43.6. The average Bonchev–Trinajstić information content (AvgIpc) is 3.23. The highest BCUT2D eigenvalue weighted by atomic mass is 16.6. The first-order valence-corrected chi connectivity index (χ1v) is 23.5. The maximum Gasteiger partial charge on any atom is 0.306 e. The third-order valence-electron chi connectivity index (χ3n) is 9.43. The number of carbonyl (C=O) groups is 3. The van der Waals surface area contributed by atoms with Gasteiger partial charge in [-0.25, -0.2) is 0 Å². The van der Waals surface area contributed by atoms with E-state index in [0.717, 1.165) is 103 Å². The number of esters is 3. The maximum atomic E-state index is 12.7. The fourth-order valence-corrected chi connectivity index (χ4v) is 5.93. The number of ether oxygens (including phenoxy) is 3. The molecule has 0 fully saturated rings. The summed E-state index contributed by atoms with van der Waals surface area (Å²) in [4.78, 5) is 37.8. The van der Waals surface area contributed by atoms with Crippen LogP contribution in [0.1, 0.15) is 188 Å². The van der Waals surface area contributed by atoms with Crippen molar-refractivity contribution in [2.45, 2.75) is 194 Å². The van der Waals surface area contributed by atoms with Crippen LogP contribution in [0.2, 0.25) is 0 Å². The lowest BCUT2D eigenvalue weighted by atomic mass is 10.1. The van der Waals surface area contributed by atoms with Gasteiger partial charge < -0.3 is 14.2 Å². The molecule has 0 radical (unpaired) electrons. The first-order valence-electron chi connectivity index (χ1n) is 23.5. The van der Waals surface area contributed by atoms with E-state index in [0.29, 0.717) is 19.3 Å². The number of allylic oxidation sites excluding steroid dienone is 18. The molecule has 1 atom stereocenters. The Labute approximate surface area is 361 Å². The molecule has 0 aliphatic rings. The molecule has 0 aromatic rings. The summed E-state index contributed by atoms with van der Waals surface area (Å²) in [7, 11) is 0. The van der Waals surface area contributed by atoms with Crippen molar-refractivity contribution in [2.24, 2.45) is 0 Å². The van der Waals surface area contributed by atoms with Crippen LogP contribution in [0, 0.1) is 0 Å². The molecule has 0 N–H and O–H groups in total. The highest BCUT2D eigenvalue weighted by Gasteiger charge is 2.19. The van der Waals surface area contributed by atoms with E-state index >= 15 is 0 Å². The minimum Gasteiger partial charge on any atom is -0.462 e. The molecule has 0 amide bonds. The lowest BCUT2D eigenvalue weighted by molar-refractivity contribution is -0.167. The largest absolute Gasteiger partial charge is 0.462 e. The number of carbonyl (C=O) groups excluding carboxylic acids is 3. The predicted molar refractivity (Wildman–Crippen MR) is 251 cm³/mol. The Morgan fingerprint density at radius 2 is 0.678 bits per heavy atom. The van der Waals surface area contributed by atoms with Gasteiger partial charge in [0.05, 0.1) is 0 Å². The Hall–Kier alpha value is -3.93. The van der Waals surface area contributed by atoms with E-state index < -0.39 is 6.10 Å². The van der Waals surface area contributed by atoms with Gasteiger partial charge in [0.25, 0.3) is 0 Å². The van der Waals surface area contributed by atoms with Crippen molar-refractivity contribution in [2.75, 3.05) is 13.2 Å². The third-order valence-corrected chi connectivity index (χ3v) is 9.43. The van der Waals surface area contributed by atoms with Crippen molar-refractivity contribution >= 4 is 17.9 Å². The topological polar surface area (TPSA) is 78.9 Å². The van der Waals surface area contributed by atoms with Gasteiger partial charge in [0.2, 0.25) is 0 Å². The van der Waals surface area contributed by atoms with E-state index in [4.69, 9.17) is 14.2 Å². The van der Waals surface area contributed by atoms with E-state index in [1.54, 1.807) is 0 Å². The summed E-state index contributed by atoms with van der Waals surface area (Å²) in [5.74, 6) is -1.00. The second kappa shape index (κ2) is 46.8. The lowest BCUT2D eigenvalue weighted by Gasteiger charge is -2.18. The molecule has 0 bridgehead atoms. The minimum absolute atomic E-state index is 0.112. The van der Waals surface area contributed by atoms with E-state index in [1.807, 2.05) is 60.8 Å². The summed E-state index contributed by atoms with van der Waals surface area (Å²) in [6.07, 6.45) is 62.1. The third kappa shape index (κ3) is 45.0. The monoisotopic (exact) mass is 817 g/mol. The molecule has 6 nitrogen and oxygen atoms in total. The van der Waals surface area contributed by atoms with Crippen LogP contribution in [0.4, 0.5) is 0 Å². The smallest absolute Gasteiger partial charge is 0.306 e. The number of hydrogen-bond donors (Lipinski definition) is 0. The molecule has 6 heteroatoms. The molecule has 332 valence electrons. The van der Waals surface area contributed by atoms with Gasteiger partial charge in [-0.2, -0.15) is 0 Å². The van der Waals surface area contributed by atoms with Crippen LogP contribution in [-0.4, -0.2) is 37.2 Å². The standard InChI is InChI=1S/C53H84O6/c1-4-7-10-13-16-19-22-25-26-29-31-34-37-40-43-46-52(55)58-49-50(59-53(56)47-44-41-38-35-32-28-24-21-18-15-12-9-6-3)48-57-51(54)45-42-39-36-33-30-27-23-20-17-14-11-8-5-2/h7,9-10,12-13,15-16,18-19,21-22,24-28,30,32,50H,4-6,8,11,14,17,20,23,29,31,33-49H2,1-3H3/b10-7-,12-9-,16-13-,18-15-,22-19-,24-21-,26-25-,30-27-,32-28-. The van der Waals surface area contributed by atoms with Crippen LogP contribution in [-0.2, 0) is 28.6 Å². The van der Waals surface area contributed by atoms with E-state index in [9.17, 15) is 14.4 Å². The van der Waals surface area contributed by atoms with Crippen LogP contribution in [0.25, 0.3) is 0 Å². The molecule has 59 heavy (non-hydrogen) atoms. The summed E-state index contributed by atoms with van der Waals surface area (Å²) < 4.78 is 16.7. The fourth-order valence-electron chi connectivity index (χ4n) is 5.93. The van der Waals surface area contributed by atoms with Gasteiger partial charge in [-0.05, 0) is 83.5 Å². The Balaban J connectivity index is 4.54. The second-order valence-electron chi connectivity index (χ2n) is 15.1. The summed E-state index contributed by atoms with van der Waals surface area (Å²) >= 11 is 0. The lowest BCUT2D eigenvalue weighted by Crippen LogP contribution is -2.30. The fraction of sp³-hybridized carbons (Fsp3) is 0.604. The van der Waals surface area contributed by atoms with Crippen molar-refractivity contribution in [3.05, 3.63) is 109 Å². The number of hydrogen-bond acceptors (Lipinski definition) is 6. The van der Waals surface area contributed by atoms with Crippen LogP contribution >= 0.6 is 0 Å². The molecule has 0 rings (SSSR count). The summed E-state index contributed by atoms with van der Waals surface area (Å²) in [5, 5.41) is 0. The minimum atomic E-state index is -0.815. The zero-order valence-corrected chi connectivity index (χ0v) is 37.7. The van der Waals surface area contributed by atoms with E-state index in [2.05, 4.69) is 69.4 Å². The molecule has 0 saturated heterocycles. The molecular weight excluding hydrogens is 733 g/mol. The van der Waals surface area contributed by atoms with Crippen LogP contribution < -0.4 is 0 Å². The Morgan fingerprint density at radius 3 is 1.10 bits per heavy atom. The molecule has 0 aromatic carbocycles.